The number of rotatable bonds is 6. The van der Waals surface area contributed by atoms with Crippen molar-refractivity contribution in [1.29, 1.82) is 0 Å². The highest BCUT2D eigenvalue weighted by Gasteiger charge is 2.30. The maximum Gasteiger partial charge on any atom is 0.159 e. The molecule has 5 aliphatic rings. The third-order valence-electron chi connectivity index (χ3n) is 14.9. The van der Waals surface area contributed by atoms with E-state index in [1.54, 1.807) is 0 Å². The average Bonchev–Trinajstić information content (AvgIpc) is 3.88. The minimum atomic E-state index is 0.150. The summed E-state index contributed by atoms with van der Waals surface area (Å²) in [5.41, 5.74) is 14.8. The highest BCUT2D eigenvalue weighted by atomic mass is 15.1. The van der Waals surface area contributed by atoms with E-state index in [9.17, 15) is 0 Å². The van der Waals surface area contributed by atoms with E-state index in [0.29, 0.717) is 11.8 Å². The number of allylic oxidation sites excluding steroid dienone is 14. The van der Waals surface area contributed by atoms with Crippen LogP contribution >= 0.6 is 0 Å². The molecule has 4 atom stereocenters. The molecule has 4 nitrogen and oxygen atoms in total. The van der Waals surface area contributed by atoms with Crippen LogP contribution in [-0.4, -0.2) is 19.1 Å². The summed E-state index contributed by atoms with van der Waals surface area (Å²) in [4.78, 5) is 10.8. The van der Waals surface area contributed by atoms with Gasteiger partial charge in [0.15, 0.2) is 5.82 Å². The Morgan fingerprint density at radius 2 is 1.43 bits per heavy atom. The van der Waals surface area contributed by atoms with E-state index >= 15 is 0 Å². The number of hydrogen-bond acceptors (Lipinski definition) is 2. The summed E-state index contributed by atoms with van der Waals surface area (Å²) in [6.07, 6.45) is 40.6. The number of benzene rings is 5. The third-order valence-corrected chi connectivity index (χ3v) is 14.9. The Morgan fingerprint density at radius 3 is 2.26 bits per heavy atom. The summed E-state index contributed by atoms with van der Waals surface area (Å²) >= 11 is 0. The molecule has 0 N–H and O–H groups in total. The molecule has 314 valence electrons. The first-order valence-corrected chi connectivity index (χ1v) is 23.6. The molecular weight excluding hydrogens is 789 g/mol. The Balaban J connectivity index is 0.946. The number of hydrogen-bond donors (Lipinski definition) is 0. The molecule has 0 bridgehead atoms. The molecule has 0 saturated heterocycles. The zero-order valence-corrected chi connectivity index (χ0v) is 36.7. The van der Waals surface area contributed by atoms with Crippen molar-refractivity contribution in [3.8, 4) is 16.9 Å². The van der Waals surface area contributed by atoms with Crippen LogP contribution in [0.25, 0.3) is 78.0 Å². The summed E-state index contributed by atoms with van der Waals surface area (Å²) in [6, 6.07) is 36.6. The second-order valence-corrected chi connectivity index (χ2v) is 18.6. The molecule has 8 aromatic rings. The SMILES string of the molecule is Cc1c(-c2ccc(-n3c4c(c5cc6ccccc6cc53)C=CC(n3c5c(c6ccc7ccccc7c63)CCC=C5)C4)cc2)nc(C2=CC(C3C=CC=CC3)CC=C2)nc1C1C=CC=CC1. The van der Waals surface area contributed by atoms with Crippen molar-refractivity contribution < 1.29 is 0 Å². The minimum Gasteiger partial charge on any atom is -0.333 e. The topological polar surface area (TPSA) is 35.6 Å². The highest BCUT2D eigenvalue weighted by molar-refractivity contribution is 6.09. The van der Waals surface area contributed by atoms with Crippen LogP contribution in [0.15, 0.2) is 176 Å². The zero-order chi connectivity index (χ0) is 43.0. The molecule has 4 heteroatoms. The highest BCUT2D eigenvalue weighted by Crippen LogP contribution is 2.44. The lowest BCUT2D eigenvalue weighted by molar-refractivity contribution is 0.479. The van der Waals surface area contributed by atoms with Gasteiger partial charge in [0.2, 0.25) is 0 Å². The lowest BCUT2D eigenvalue weighted by atomic mass is 9.81. The summed E-state index contributed by atoms with van der Waals surface area (Å²) in [5, 5.41) is 7.82. The van der Waals surface area contributed by atoms with Crippen molar-refractivity contribution in [2.24, 2.45) is 11.8 Å². The van der Waals surface area contributed by atoms with E-state index in [0.717, 1.165) is 78.1 Å². The summed E-state index contributed by atoms with van der Waals surface area (Å²) in [6.45, 7) is 2.22. The van der Waals surface area contributed by atoms with Crippen LogP contribution < -0.4 is 0 Å². The molecule has 0 saturated carbocycles. The Kier molecular flexibility index (Phi) is 9.08. The van der Waals surface area contributed by atoms with E-state index in [1.165, 1.54) is 65.9 Å². The molecule has 0 fully saturated rings. The standard InChI is InChI=1S/C61H50N4/c1-39-58(42-18-6-3-7-19-42)62-61(47-23-14-22-44(35-47)40-15-4-2-5-16-40)63-59(39)43-27-30-48(31-28-43)64-56-37-46-21-9-8-20-45(46)36-54(56)52-34-32-49(38-57(52)64)65-55-26-13-12-25-51(55)53-33-29-41-17-10-11-24-50(41)60(53)65/h2-11,13-15,17-18,20-21,23-24,26-37,40,42,44,49H,12,16,19,22,25,38H2,1H3. The van der Waals surface area contributed by atoms with E-state index in [-0.39, 0.29) is 12.0 Å². The van der Waals surface area contributed by atoms with Gasteiger partial charge in [-0.2, -0.15) is 0 Å². The minimum absolute atomic E-state index is 0.150. The van der Waals surface area contributed by atoms with Gasteiger partial charge in [-0.25, -0.2) is 9.97 Å². The van der Waals surface area contributed by atoms with E-state index < -0.39 is 0 Å². The average molecular weight is 839 g/mol. The van der Waals surface area contributed by atoms with Crippen LogP contribution in [0, 0.1) is 18.8 Å². The molecular formula is C61H50N4. The smallest absolute Gasteiger partial charge is 0.159 e. The van der Waals surface area contributed by atoms with Gasteiger partial charge in [0.25, 0.3) is 0 Å². The van der Waals surface area contributed by atoms with Crippen molar-refractivity contribution >= 4 is 61.1 Å². The van der Waals surface area contributed by atoms with Gasteiger partial charge >= 0.3 is 0 Å². The van der Waals surface area contributed by atoms with Gasteiger partial charge in [0.05, 0.1) is 28.5 Å². The lowest BCUT2D eigenvalue weighted by Crippen LogP contribution is -2.17. The summed E-state index contributed by atoms with van der Waals surface area (Å²) in [5.74, 6) is 1.95. The number of aromatic nitrogens is 4. The molecule has 3 heterocycles. The van der Waals surface area contributed by atoms with Crippen molar-refractivity contribution in [1.82, 2.24) is 19.1 Å². The van der Waals surface area contributed by atoms with E-state index in [2.05, 4.69) is 204 Å². The maximum absolute atomic E-state index is 5.44. The van der Waals surface area contributed by atoms with Gasteiger partial charge in [-0.3, -0.25) is 0 Å². The summed E-state index contributed by atoms with van der Waals surface area (Å²) in [7, 11) is 0. The Bertz CT molecular complexity index is 3520. The molecule has 0 radical (unpaired) electrons. The van der Waals surface area contributed by atoms with Gasteiger partial charge in [0, 0.05) is 62.3 Å². The van der Waals surface area contributed by atoms with Crippen LogP contribution in [0.5, 0.6) is 0 Å². The van der Waals surface area contributed by atoms with E-state index in [1.807, 2.05) is 0 Å². The second kappa shape index (κ2) is 15.5. The van der Waals surface area contributed by atoms with Crippen molar-refractivity contribution in [2.75, 3.05) is 0 Å². The monoisotopic (exact) mass is 838 g/mol. The van der Waals surface area contributed by atoms with E-state index in [4.69, 9.17) is 9.97 Å². The van der Waals surface area contributed by atoms with Crippen LogP contribution in [-0.2, 0) is 12.8 Å². The van der Waals surface area contributed by atoms with Gasteiger partial charge in [-0.1, -0.05) is 158 Å². The largest absolute Gasteiger partial charge is 0.333 e. The van der Waals surface area contributed by atoms with Gasteiger partial charge in [-0.05, 0) is 108 Å². The van der Waals surface area contributed by atoms with Crippen LogP contribution in [0.4, 0.5) is 0 Å². The maximum atomic E-state index is 5.44. The number of aryl methyl sites for hydroxylation is 1. The molecule has 4 unspecified atom stereocenters. The normalized spacial score (nSPS) is 20.9. The fourth-order valence-electron chi connectivity index (χ4n) is 11.7. The van der Waals surface area contributed by atoms with Crippen LogP contribution in [0.2, 0.25) is 0 Å². The van der Waals surface area contributed by atoms with Crippen molar-refractivity contribution in [3.05, 3.63) is 216 Å². The van der Waals surface area contributed by atoms with Crippen molar-refractivity contribution in [3.63, 3.8) is 0 Å². The first-order valence-electron chi connectivity index (χ1n) is 23.6. The molecule has 0 spiro atoms. The Labute approximate surface area is 380 Å². The molecule has 13 rings (SSSR count). The molecule has 65 heavy (non-hydrogen) atoms. The number of nitrogens with zero attached hydrogens (tertiary/aromatic N) is 4. The van der Waals surface area contributed by atoms with Crippen molar-refractivity contribution in [2.45, 2.75) is 57.4 Å². The number of fused-ring (bicyclic) bond motifs is 9. The zero-order valence-electron chi connectivity index (χ0n) is 36.7. The molecule has 3 aromatic heterocycles. The fourth-order valence-corrected chi connectivity index (χ4v) is 11.7. The third kappa shape index (κ3) is 6.33. The molecule has 0 amide bonds. The first-order chi connectivity index (χ1) is 32.1. The van der Waals surface area contributed by atoms with Gasteiger partial charge in [0.1, 0.15) is 0 Å². The lowest BCUT2D eigenvalue weighted by Gasteiger charge is -2.25. The van der Waals surface area contributed by atoms with Crippen LogP contribution in [0.3, 0.4) is 0 Å². The second-order valence-electron chi connectivity index (χ2n) is 18.6. The first kappa shape index (κ1) is 38.2. The predicted molar refractivity (Wildman–Crippen MR) is 272 cm³/mol. The fraction of sp³-hybridized carbons (Fsp3) is 0.180. The van der Waals surface area contributed by atoms with Gasteiger partial charge < -0.3 is 9.13 Å². The molecule has 5 aliphatic carbocycles. The Morgan fingerprint density at radius 1 is 0.631 bits per heavy atom. The molecule has 5 aromatic carbocycles. The van der Waals surface area contributed by atoms with Crippen LogP contribution in [0.1, 0.15) is 77.2 Å². The summed E-state index contributed by atoms with van der Waals surface area (Å²) < 4.78 is 5.22. The molecule has 0 aliphatic heterocycles. The van der Waals surface area contributed by atoms with Gasteiger partial charge in [-0.15, -0.1) is 0 Å². The quantitative estimate of drug-likeness (QED) is 0.167. The predicted octanol–water partition coefficient (Wildman–Crippen LogP) is 15.1. The Hall–Kier alpha value is -7.30.